The minimum Gasteiger partial charge on any atom is -0.206 e. The van der Waals surface area contributed by atoms with E-state index in [0.29, 0.717) is 4.90 Å². The van der Waals surface area contributed by atoms with Crippen molar-refractivity contribution in [2.24, 2.45) is 0 Å². The van der Waals surface area contributed by atoms with Crippen LogP contribution in [0.1, 0.15) is 0 Å². The van der Waals surface area contributed by atoms with Gasteiger partial charge in [-0.2, -0.15) is 0 Å². The van der Waals surface area contributed by atoms with E-state index in [4.69, 9.17) is 0 Å². The number of rotatable bonds is 1. The zero-order chi connectivity index (χ0) is 9.26. The molecule has 2 aromatic carbocycles. The van der Waals surface area contributed by atoms with Gasteiger partial charge in [-0.25, -0.2) is 4.39 Å². The summed E-state index contributed by atoms with van der Waals surface area (Å²) in [4.78, 5) is 0.315. The Labute approximate surface area is 78.7 Å². The molecule has 2 aromatic rings. The summed E-state index contributed by atoms with van der Waals surface area (Å²) in [5, 5.41) is 1.49. The van der Waals surface area contributed by atoms with Gasteiger partial charge in [-0.15, -0.1) is 0 Å². The third-order valence-corrected chi connectivity index (χ3v) is 2.29. The van der Waals surface area contributed by atoms with E-state index in [0.717, 1.165) is 10.8 Å². The molecule has 1 radical (unpaired) electrons. The standard InChI is InChI=1S/C10H5FOS/c11-8-5-7-3-1-2-4-9(7)10(6-8)13-12/h1-5H/q+1. The van der Waals surface area contributed by atoms with Gasteiger partial charge in [-0.3, -0.25) is 0 Å². The lowest BCUT2D eigenvalue weighted by atomic mass is 10.1. The van der Waals surface area contributed by atoms with Crippen molar-refractivity contribution in [3.05, 3.63) is 42.2 Å². The van der Waals surface area contributed by atoms with Crippen LogP contribution >= 0.6 is 0 Å². The van der Waals surface area contributed by atoms with Gasteiger partial charge in [0.15, 0.2) is 0 Å². The first-order chi connectivity index (χ1) is 6.31. The molecule has 0 fully saturated rings. The summed E-state index contributed by atoms with van der Waals surface area (Å²) < 4.78 is 23.5. The highest BCUT2D eigenvalue weighted by atomic mass is 32.1. The molecule has 0 aliphatic heterocycles. The number of benzene rings is 2. The third-order valence-electron chi connectivity index (χ3n) is 1.80. The minimum atomic E-state index is -0.489. The molecule has 0 aliphatic rings. The van der Waals surface area contributed by atoms with Crippen molar-refractivity contribution in [3.8, 4) is 0 Å². The molecular weight excluding hydrogens is 187 g/mol. The van der Waals surface area contributed by atoms with E-state index < -0.39 is 5.82 Å². The molecule has 3 heteroatoms. The van der Waals surface area contributed by atoms with Crippen LogP contribution < -0.4 is 0 Å². The van der Waals surface area contributed by atoms with Crippen molar-refractivity contribution in [2.75, 3.05) is 0 Å². The monoisotopic (exact) mass is 192 g/mol. The lowest BCUT2D eigenvalue weighted by Gasteiger charge is -1.93. The Morgan fingerprint density at radius 1 is 1.31 bits per heavy atom. The van der Waals surface area contributed by atoms with E-state index in [9.17, 15) is 8.60 Å². The molecule has 63 valence electrons. The van der Waals surface area contributed by atoms with Crippen molar-refractivity contribution in [1.29, 1.82) is 0 Å². The molecule has 0 heterocycles. The van der Waals surface area contributed by atoms with E-state index in [1.807, 2.05) is 6.07 Å². The van der Waals surface area contributed by atoms with Gasteiger partial charge in [0.2, 0.25) is 0 Å². The van der Waals surface area contributed by atoms with Crippen LogP contribution in [0, 0.1) is 11.9 Å². The molecule has 0 bridgehead atoms. The molecule has 13 heavy (non-hydrogen) atoms. The molecule has 0 saturated carbocycles. The van der Waals surface area contributed by atoms with Crippen LogP contribution in [-0.4, -0.2) is 0 Å². The maximum absolute atomic E-state index is 12.9. The number of fused-ring (bicyclic) bond motifs is 1. The first-order valence-electron chi connectivity index (χ1n) is 3.71. The van der Waals surface area contributed by atoms with Crippen molar-refractivity contribution in [3.63, 3.8) is 0 Å². The topological polar surface area (TPSA) is 17.1 Å². The van der Waals surface area contributed by atoms with Crippen LogP contribution in [-0.2, 0) is 15.9 Å². The molecule has 1 nitrogen and oxygen atoms in total. The lowest BCUT2D eigenvalue weighted by molar-refractivity contribution is 0.602. The highest BCUT2D eigenvalue weighted by Gasteiger charge is 2.14. The van der Waals surface area contributed by atoms with E-state index in [-0.39, 0.29) is 11.7 Å². The first-order valence-corrected chi connectivity index (χ1v) is 4.46. The minimum absolute atomic E-state index is 0.267. The molecule has 0 atom stereocenters. The van der Waals surface area contributed by atoms with E-state index in [1.165, 1.54) is 6.07 Å². The van der Waals surface area contributed by atoms with E-state index in [2.05, 4.69) is 6.07 Å². The zero-order valence-corrected chi connectivity index (χ0v) is 7.40. The summed E-state index contributed by atoms with van der Waals surface area (Å²) in [6.45, 7) is 0. The number of halogens is 1. The van der Waals surface area contributed by atoms with E-state index >= 15 is 0 Å². The second-order valence-electron chi connectivity index (χ2n) is 2.62. The maximum Gasteiger partial charge on any atom is 0.506 e. The fraction of sp³-hybridized carbons (Fsp3) is 0. The van der Waals surface area contributed by atoms with Crippen LogP contribution in [0.15, 0.2) is 35.2 Å². The molecule has 0 saturated heterocycles. The van der Waals surface area contributed by atoms with Crippen molar-refractivity contribution in [1.82, 2.24) is 0 Å². The Morgan fingerprint density at radius 2 is 2.08 bits per heavy atom. The van der Waals surface area contributed by atoms with Gasteiger partial charge >= 0.3 is 16.6 Å². The summed E-state index contributed by atoms with van der Waals surface area (Å²) >= 11 is 0.267. The molecule has 0 amide bonds. The first kappa shape index (κ1) is 8.26. The molecule has 0 N–H and O–H groups in total. The fourth-order valence-corrected chi connectivity index (χ4v) is 1.66. The molecule has 0 spiro atoms. The summed E-state index contributed by atoms with van der Waals surface area (Å²) in [6, 6.07) is 10.9. The quantitative estimate of drug-likeness (QED) is 0.634. The zero-order valence-electron chi connectivity index (χ0n) is 6.58. The Kier molecular flexibility index (Phi) is 2.02. The Morgan fingerprint density at radius 3 is 2.85 bits per heavy atom. The highest BCUT2D eigenvalue weighted by molar-refractivity contribution is 7.65. The summed E-state index contributed by atoms with van der Waals surface area (Å²) in [5.74, 6) is -0.489. The van der Waals surface area contributed by atoms with Gasteiger partial charge in [0, 0.05) is 4.21 Å². The van der Waals surface area contributed by atoms with Crippen LogP contribution in [0.25, 0.3) is 10.8 Å². The second-order valence-corrected chi connectivity index (χ2v) is 3.19. The Hall–Kier alpha value is -1.35. The normalized spacial score (nSPS) is 10.2. The van der Waals surface area contributed by atoms with Crippen LogP contribution in [0.4, 0.5) is 4.39 Å². The largest absolute Gasteiger partial charge is 0.506 e. The Bertz CT molecular complexity index is 467. The van der Waals surface area contributed by atoms with Gasteiger partial charge in [0.25, 0.3) is 0 Å². The number of hydrogen-bond donors (Lipinski definition) is 0. The van der Waals surface area contributed by atoms with Crippen molar-refractivity contribution in [2.45, 2.75) is 4.90 Å². The maximum atomic E-state index is 12.9. The molecule has 0 aromatic heterocycles. The average molecular weight is 192 g/mol. The van der Waals surface area contributed by atoms with Gasteiger partial charge in [-0.1, -0.05) is 18.2 Å². The Balaban J connectivity index is 2.89. The van der Waals surface area contributed by atoms with Crippen LogP contribution in [0.2, 0.25) is 0 Å². The summed E-state index contributed by atoms with van der Waals surface area (Å²) in [6.07, 6.45) is 0. The average Bonchev–Trinajstić information content (AvgIpc) is 2.16. The lowest BCUT2D eigenvalue weighted by Crippen LogP contribution is -1.83. The molecule has 0 unspecified atom stereocenters. The fourth-order valence-electron chi connectivity index (χ4n) is 1.24. The van der Waals surface area contributed by atoms with Gasteiger partial charge in [0.1, 0.15) is 5.82 Å². The summed E-state index contributed by atoms with van der Waals surface area (Å²) in [7, 11) is 0. The summed E-state index contributed by atoms with van der Waals surface area (Å²) in [5.41, 5.74) is 0. The van der Waals surface area contributed by atoms with Gasteiger partial charge in [0.05, 0.1) is 11.5 Å². The van der Waals surface area contributed by atoms with Gasteiger partial charge in [-0.05, 0) is 17.5 Å². The van der Waals surface area contributed by atoms with Crippen molar-refractivity contribution >= 4 is 22.4 Å². The predicted molar refractivity (Wildman–Crippen MR) is 49.1 cm³/mol. The smallest absolute Gasteiger partial charge is 0.206 e. The second kappa shape index (κ2) is 3.18. The molecule has 0 aliphatic carbocycles. The SMILES string of the molecule is O=[S+]c1[c]c(F)cc2ccccc12. The molecule has 2 rings (SSSR count). The predicted octanol–water partition coefficient (Wildman–Crippen LogP) is 2.57. The highest BCUT2D eigenvalue weighted by Crippen LogP contribution is 2.19. The van der Waals surface area contributed by atoms with Crippen LogP contribution in [0.3, 0.4) is 0 Å². The van der Waals surface area contributed by atoms with Crippen LogP contribution in [0.5, 0.6) is 0 Å². The number of hydrogen-bond acceptors (Lipinski definition) is 1. The van der Waals surface area contributed by atoms with Gasteiger partial charge < -0.3 is 0 Å². The van der Waals surface area contributed by atoms with Crippen molar-refractivity contribution < 1.29 is 8.60 Å². The van der Waals surface area contributed by atoms with E-state index in [1.54, 1.807) is 18.2 Å². The molecular formula is C10H5FOS+. The third kappa shape index (κ3) is 1.42.